The zero-order valence-electron chi connectivity index (χ0n) is 19.8. The van der Waals surface area contributed by atoms with Crippen LogP contribution in [0.1, 0.15) is 17.9 Å². The van der Waals surface area contributed by atoms with E-state index in [1.165, 1.54) is 13.2 Å². The van der Waals surface area contributed by atoms with Crippen LogP contribution >= 0.6 is 11.6 Å². The molecule has 2 heterocycles. The van der Waals surface area contributed by atoms with E-state index in [0.29, 0.717) is 30.1 Å². The van der Waals surface area contributed by atoms with E-state index < -0.39 is 35.5 Å². The van der Waals surface area contributed by atoms with Gasteiger partial charge in [-0.1, -0.05) is 23.7 Å². The predicted molar refractivity (Wildman–Crippen MR) is 130 cm³/mol. The van der Waals surface area contributed by atoms with E-state index in [9.17, 15) is 19.5 Å². The molecule has 0 saturated carbocycles. The third-order valence-electron chi connectivity index (χ3n) is 6.03. The van der Waals surface area contributed by atoms with E-state index >= 15 is 0 Å². The molecule has 2 aromatic carbocycles. The first kappa shape index (κ1) is 25.3. The fraction of sp³-hybridized carbons (Fsp3) is 0.320. The highest BCUT2D eigenvalue weighted by molar-refractivity contribution is 6.33. The van der Waals surface area contributed by atoms with Crippen molar-refractivity contribution in [3.8, 4) is 22.8 Å². The van der Waals surface area contributed by atoms with Crippen LogP contribution in [0.15, 0.2) is 45.6 Å². The molecule has 1 aliphatic heterocycles. The molecule has 10 nitrogen and oxygen atoms in total. The van der Waals surface area contributed by atoms with Gasteiger partial charge in [-0.15, -0.1) is 0 Å². The summed E-state index contributed by atoms with van der Waals surface area (Å²) in [5.74, 6) is -0.996. The van der Waals surface area contributed by atoms with Crippen molar-refractivity contribution in [3.63, 3.8) is 0 Å². The number of benzene rings is 2. The molecule has 0 radical (unpaired) electrons. The van der Waals surface area contributed by atoms with E-state index in [4.69, 9.17) is 25.5 Å². The number of fused-ring (bicyclic) bond motifs is 1. The lowest BCUT2D eigenvalue weighted by atomic mass is 9.85. The molecule has 1 aromatic heterocycles. The summed E-state index contributed by atoms with van der Waals surface area (Å²) in [6.45, 7) is 0.925. The van der Waals surface area contributed by atoms with Crippen molar-refractivity contribution in [2.24, 2.45) is 0 Å². The Kier molecular flexibility index (Phi) is 7.37. The number of methoxy groups -OCH3 is 2. The zero-order chi connectivity index (χ0) is 26.0. The van der Waals surface area contributed by atoms with Crippen LogP contribution in [-0.4, -0.2) is 62.8 Å². The first-order valence-corrected chi connectivity index (χ1v) is 11.4. The molecule has 1 saturated heterocycles. The van der Waals surface area contributed by atoms with Gasteiger partial charge in [0.25, 0.3) is 0 Å². The van der Waals surface area contributed by atoms with Gasteiger partial charge in [0.15, 0.2) is 5.43 Å². The number of likely N-dealkylation sites (tertiary alicyclic amines) is 1. The van der Waals surface area contributed by atoms with Gasteiger partial charge in [0, 0.05) is 35.7 Å². The topological polar surface area (TPSA) is 125 Å². The first-order valence-electron chi connectivity index (χ1n) is 11.0. The van der Waals surface area contributed by atoms with Gasteiger partial charge in [0.05, 0.1) is 19.2 Å². The van der Waals surface area contributed by atoms with Gasteiger partial charge in [-0.2, -0.15) is 0 Å². The van der Waals surface area contributed by atoms with Crippen molar-refractivity contribution in [2.45, 2.75) is 18.4 Å². The minimum Gasteiger partial charge on any atom is -0.507 e. The lowest BCUT2D eigenvalue weighted by Gasteiger charge is -2.36. The highest BCUT2D eigenvalue weighted by atomic mass is 35.5. The molecule has 2 atom stereocenters. The standard InChI is InChI=1S/C25H24ClNO9/c1-27-9-8-14(20(12-27)36-25(31)33-3)21-19(35-24(30)32-2)11-17(29)22-16(28)10-18(34-23(21)22)13-6-4-5-7-15(13)26/h4-7,10-11,14,20,29H,8-9,12H2,1-3H3. The van der Waals surface area contributed by atoms with E-state index in [-0.39, 0.29) is 28.0 Å². The average molecular weight is 518 g/mol. The van der Waals surface area contributed by atoms with Gasteiger partial charge >= 0.3 is 12.3 Å². The number of rotatable bonds is 4. The largest absolute Gasteiger partial charge is 0.513 e. The Morgan fingerprint density at radius 3 is 2.56 bits per heavy atom. The maximum Gasteiger partial charge on any atom is 0.513 e. The summed E-state index contributed by atoms with van der Waals surface area (Å²) >= 11 is 6.34. The first-order chi connectivity index (χ1) is 17.2. The van der Waals surface area contributed by atoms with Gasteiger partial charge in [0.2, 0.25) is 0 Å². The molecule has 0 spiro atoms. The van der Waals surface area contributed by atoms with Crippen LogP contribution in [0.25, 0.3) is 22.3 Å². The Labute approximate surface area is 210 Å². The molecule has 11 heteroatoms. The Hall–Kier alpha value is -3.76. The molecule has 190 valence electrons. The SMILES string of the molecule is COC(=O)Oc1cc(O)c2c(=O)cc(-c3ccccc3Cl)oc2c1C1CCN(C)CC1OC(=O)OC. The highest BCUT2D eigenvalue weighted by Crippen LogP contribution is 2.44. The average Bonchev–Trinajstić information content (AvgIpc) is 2.84. The lowest BCUT2D eigenvalue weighted by Crippen LogP contribution is -2.43. The van der Waals surface area contributed by atoms with Gasteiger partial charge in [0.1, 0.15) is 34.3 Å². The highest BCUT2D eigenvalue weighted by Gasteiger charge is 2.37. The Balaban J connectivity index is 2.01. The van der Waals surface area contributed by atoms with Crippen molar-refractivity contribution in [2.75, 3.05) is 34.4 Å². The molecule has 1 N–H and O–H groups in total. The third kappa shape index (κ3) is 4.95. The monoisotopic (exact) mass is 517 g/mol. The number of ether oxygens (including phenoxy) is 4. The summed E-state index contributed by atoms with van der Waals surface area (Å²) in [6, 6.07) is 9.17. The molecule has 0 aliphatic carbocycles. The van der Waals surface area contributed by atoms with Crippen LogP contribution in [-0.2, 0) is 14.2 Å². The Morgan fingerprint density at radius 2 is 1.86 bits per heavy atom. The molecule has 3 aromatic rings. The second-order valence-corrected chi connectivity index (χ2v) is 8.70. The summed E-state index contributed by atoms with van der Waals surface area (Å²) in [5.41, 5.74) is 0.159. The molecule has 0 amide bonds. The van der Waals surface area contributed by atoms with E-state index in [1.807, 2.05) is 11.9 Å². The molecule has 2 unspecified atom stereocenters. The van der Waals surface area contributed by atoms with Gasteiger partial charge in [-0.3, -0.25) is 4.79 Å². The van der Waals surface area contributed by atoms with Gasteiger partial charge < -0.3 is 33.4 Å². The van der Waals surface area contributed by atoms with Crippen molar-refractivity contribution in [1.29, 1.82) is 0 Å². The Morgan fingerprint density at radius 1 is 1.14 bits per heavy atom. The van der Waals surface area contributed by atoms with Crippen LogP contribution in [0, 0.1) is 0 Å². The van der Waals surface area contributed by atoms with Crippen molar-refractivity contribution >= 4 is 34.9 Å². The quantitative estimate of drug-likeness (QED) is 0.389. The maximum atomic E-state index is 13.2. The number of phenols is 1. The molecule has 0 bridgehead atoms. The van der Waals surface area contributed by atoms with Crippen LogP contribution in [0.3, 0.4) is 0 Å². The molecule has 36 heavy (non-hydrogen) atoms. The van der Waals surface area contributed by atoms with E-state index in [1.54, 1.807) is 24.3 Å². The Bertz CT molecular complexity index is 1370. The fourth-order valence-electron chi connectivity index (χ4n) is 4.36. The molecular weight excluding hydrogens is 494 g/mol. The number of phenolic OH excluding ortho intramolecular Hbond substituents is 1. The van der Waals surface area contributed by atoms with Gasteiger partial charge in [-0.05, 0) is 32.1 Å². The number of carbonyl (C=O) groups excluding carboxylic acids is 2. The number of nitrogens with zero attached hydrogens (tertiary/aromatic N) is 1. The number of likely N-dealkylation sites (N-methyl/N-ethyl adjacent to an activating group) is 1. The third-order valence-corrected chi connectivity index (χ3v) is 6.36. The minimum absolute atomic E-state index is 0.0238. The maximum absolute atomic E-state index is 13.2. The normalized spacial score (nSPS) is 18.0. The van der Waals surface area contributed by atoms with Crippen LogP contribution in [0.5, 0.6) is 11.5 Å². The number of hydrogen-bond donors (Lipinski definition) is 1. The summed E-state index contributed by atoms with van der Waals surface area (Å²) in [5, 5.41) is 10.9. The predicted octanol–water partition coefficient (Wildman–Crippen LogP) is 4.53. The summed E-state index contributed by atoms with van der Waals surface area (Å²) in [7, 11) is 4.19. The minimum atomic E-state index is -1.04. The van der Waals surface area contributed by atoms with Crippen molar-refractivity contribution < 1.29 is 38.1 Å². The van der Waals surface area contributed by atoms with Crippen LogP contribution in [0.2, 0.25) is 5.02 Å². The second kappa shape index (κ2) is 10.5. The molecular formula is C25H24ClNO9. The fourth-order valence-corrected chi connectivity index (χ4v) is 4.59. The zero-order valence-corrected chi connectivity index (χ0v) is 20.5. The number of piperidine rings is 1. The smallest absolute Gasteiger partial charge is 0.507 e. The summed E-state index contributed by atoms with van der Waals surface area (Å²) in [6.07, 6.45) is -2.25. The number of aromatic hydroxyl groups is 1. The number of carbonyl (C=O) groups is 2. The number of hydrogen-bond acceptors (Lipinski definition) is 10. The van der Waals surface area contributed by atoms with E-state index in [0.717, 1.165) is 13.2 Å². The van der Waals surface area contributed by atoms with Crippen molar-refractivity contribution in [3.05, 3.63) is 57.2 Å². The molecule has 4 rings (SSSR count). The molecule has 1 aliphatic rings. The number of halogens is 1. The molecule has 1 fully saturated rings. The van der Waals surface area contributed by atoms with Crippen LogP contribution < -0.4 is 10.2 Å². The summed E-state index contributed by atoms with van der Waals surface area (Å²) < 4.78 is 26.4. The van der Waals surface area contributed by atoms with Crippen LogP contribution in [0.4, 0.5) is 9.59 Å². The lowest BCUT2D eigenvalue weighted by molar-refractivity contribution is -0.00234. The van der Waals surface area contributed by atoms with Gasteiger partial charge in [-0.25, -0.2) is 9.59 Å². The summed E-state index contributed by atoms with van der Waals surface area (Å²) in [4.78, 5) is 39.2. The second-order valence-electron chi connectivity index (χ2n) is 8.29. The van der Waals surface area contributed by atoms with E-state index in [2.05, 4.69) is 9.47 Å². The van der Waals surface area contributed by atoms with Crippen molar-refractivity contribution in [1.82, 2.24) is 4.90 Å².